The van der Waals surface area contributed by atoms with Gasteiger partial charge < -0.3 is 0 Å². The normalized spacial score (nSPS) is 12.7. The summed E-state index contributed by atoms with van der Waals surface area (Å²) in [5, 5.41) is 3.06. The van der Waals surface area contributed by atoms with Crippen molar-refractivity contribution in [3.8, 4) is 78.7 Å². The highest BCUT2D eigenvalue weighted by molar-refractivity contribution is 7.04. The Labute approximate surface area is 300 Å². The first-order valence-corrected chi connectivity index (χ1v) is 20.4. The Hall–Kier alpha value is -6.23. The van der Waals surface area contributed by atoms with Crippen LogP contribution in [0.4, 0.5) is 0 Å². The maximum atomic E-state index is 5.02. The molecule has 3 nitrogen and oxygen atoms in total. The number of aromatic nitrogens is 3. The molecule has 0 unspecified atom stereocenters. The van der Waals surface area contributed by atoms with Crippen molar-refractivity contribution in [3.63, 3.8) is 0 Å². The van der Waals surface area contributed by atoms with E-state index >= 15 is 0 Å². The molecule has 0 atom stereocenters. The van der Waals surface area contributed by atoms with Crippen LogP contribution in [0.1, 0.15) is 0 Å². The molecule has 1 aliphatic rings. The quantitative estimate of drug-likeness (QED) is 0.165. The Morgan fingerprint density at radius 2 is 0.725 bits per heavy atom. The monoisotopic (exact) mass is 669 g/mol. The van der Waals surface area contributed by atoms with Crippen LogP contribution in [0.3, 0.4) is 0 Å². The zero-order valence-corrected chi connectivity index (χ0v) is 29.6. The molecule has 1 aliphatic heterocycles. The Balaban J connectivity index is 1.05. The van der Waals surface area contributed by atoms with Crippen LogP contribution in [0.5, 0.6) is 0 Å². The summed E-state index contributed by atoms with van der Waals surface area (Å²) >= 11 is 0. The van der Waals surface area contributed by atoms with Gasteiger partial charge in [-0.1, -0.05) is 183 Å². The summed E-state index contributed by atoms with van der Waals surface area (Å²) in [7, 11) is -1.72. The third-order valence-corrected chi connectivity index (χ3v) is 13.7. The molecule has 7 aromatic carbocycles. The first-order chi connectivity index (χ1) is 25.0. The summed E-state index contributed by atoms with van der Waals surface area (Å²) in [5.41, 5.74) is 12.8. The molecule has 9 rings (SSSR count). The number of nitrogens with zero attached hydrogens (tertiary/aromatic N) is 3. The van der Waals surface area contributed by atoms with Crippen molar-refractivity contribution in [1.29, 1.82) is 0 Å². The molecule has 2 heterocycles. The molecule has 8 aromatic rings. The fourth-order valence-corrected chi connectivity index (χ4v) is 10.6. The van der Waals surface area contributed by atoms with Crippen LogP contribution < -0.4 is 10.4 Å². The zero-order chi connectivity index (χ0) is 34.4. The van der Waals surface area contributed by atoms with Crippen LogP contribution >= 0.6 is 0 Å². The fourth-order valence-electron chi connectivity index (χ4n) is 7.47. The van der Waals surface area contributed by atoms with E-state index in [0.717, 1.165) is 33.4 Å². The molecular weight excluding hydrogens is 635 g/mol. The average Bonchev–Trinajstić information content (AvgIpc) is 3.44. The highest BCUT2D eigenvalue weighted by atomic mass is 28.3. The molecule has 0 saturated carbocycles. The summed E-state index contributed by atoms with van der Waals surface area (Å²) in [6.07, 6.45) is 0. The standard InChI is InChI=1S/C47H35N3Si/c1-51(2)42-21-10-9-19-41(42)44-40(20-12-22-43(44)51)35-27-23-33(24-28-35)34-25-29-37(30-26-34)46-48-45(36-15-7-4-8-16-36)49-47(50-46)39-18-11-17-38(31-39)32-13-5-3-6-14-32/h3-31H,1-2H3. The van der Waals surface area contributed by atoms with Crippen molar-refractivity contribution in [2.75, 3.05) is 0 Å². The van der Waals surface area contributed by atoms with Crippen LogP contribution in [-0.4, -0.2) is 23.0 Å². The predicted octanol–water partition coefficient (Wildman–Crippen LogP) is 10.7. The summed E-state index contributed by atoms with van der Waals surface area (Å²) in [6.45, 7) is 4.94. The molecule has 0 aliphatic carbocycles. The van der Waals surface area contributed by atoms with E-state index in [-0.39, 0.29) is 0 Å². The molecule has 0 bridgehead atoms. The number of benzene rings is 7. The van der Waals surface area contributed by atoms with Gasteiger partial charge in [0, 0.05) is 16.7 Å². The minimum atomic E-state index is -1.72. The van der Waals surface area contributed by atoms with Crippen LogP contribution in [0.15, 0.2) is 176 Å². The van der Waals surface area contributed by atoms with Crippen molar-refractivity contribution >= 4 is 18.4 Å². The lowest BCUT2D eigenvalue weighted by atomic mass is 9.93. The number of fused-ring (bicyclic) bond motifs is 3. The van der Waals surface area contributed by atoms with Gasteiger partial charge >= 0.3 is 0 Å². The number of hydrogen-bond acceptors (Lipinski definition) is 3. The average molecular weight is 670 g/mol. The van der Waals surface area contributed by atoms with Crippen LogP contribution in [-0.2, 0) is 0 Å². The van der Waals surface area contributed by atoms with E-state index in [1.54, 1.807) is 0 Å². The second-order valence-electron chi connectivity index (χ2n) is 13.7. The molecule has 4 heteroatoms. The van der Waals surface area contributed by atoms with Gasteiger partial charge in [0.15, 0.2) is 17.5 Å². The minimum Gasteiger partial charge on any atom is -0.208 e. The summed E-state index contributed by atoms with van der Waals surface area (Å²) in [4.78, 5) is 14.9. The summed E-state index contributed by atoms with van der Waals surface area (Å²) in [6, 6.07) is 62.4. The lowest BCUT2D eigenvalue weighted by Gasteiger charge is -2.19. The third kappa shape index (κ3) is 5.60. The van der Waals surface area contributed by atoms with Gasteiger partial charge in [-0.15, -0.1) is 0 Å². The number of rotatable bonds is 6. The Kier molecular flexibility index (Phi) is 7.60. The van der Waals surface area contributed by atoms with Crippen molar-refractivity contribution in [3.05, 3.63) is 176 Å². The maximum absolute atomic E-state index is 5.02. The van der Waals surface area contributed by atoms with E-state index in [0.29, 0.717) is 17.5 Å². The zero-order valence-electron chi connectivity index (χ0n) is 28.6. The van der Waals surface area contributed by atoms with E-state index in [4.69, 9.17) is 15.0 Å². The van der Waals surface area contributed by atoms with Gasteiger partial charge in [0.2, 0.25) is 0 Å². The van der Waals surface area contributed by atoms with Crippen molar-refractivity contribution in [2.45, 2.75) is 13.1 Å². The molecule has 0 saturated heterocycles. The molecule has 0 amide bonds. The third-order valence-electron chi connectivity index (χ3n) is 10.2. The molecule has 1 aromatic heterocycles. The Morgan fingerprint density at radius 1 is 0.314 bits per heavy atom. The van der Waals surface area contributed by atoms with Gasteiger partial charge in [-0.3, -0.25) is 0 Å². The molecule has 0 fully saturated rings. The van der Waals surface area contributed by atoms with Crippen molar-refractivity contribution in [2.24, 2.45) is 0 Å². The lowest BCUT2D eigenvalue weighted by molar-refractivity contribution is 1.07. The maximum Gasteiger partial charge on any atom is 0.164 e. The molecule has 51 heavy (non-hydrogen) atoms. The Morgan fingerprint density at radius 3 is 1.39 bits per heavy atom. The van der Waals surface area contributed by atoms with E-state index < -0.39 is 8.07 Å². The van der Waals surface area contributed by atoms with Gasteiger partial charge in [-0.25, -0.2) is 15.0 Å². The highest BCUT2D eigenvalue weighted by Crippen LogP contribution is 2.37. The Bertz CT molecular complexity index is 2520. The van der Waals surface area contributed by atoms with Crippen molar-refractivity contribution < 1.29 is 0 Å². The van der Waals surface area contributed by atoms with Crippen LogP contribution in [0, 0.1) is 0 Å². The van der Waals surface area contributed by atoms with E-state index in [2.05, 4.69) is 153 Å². The van der Waals surface area contributed by atoms with E-state index in [1.807, 2.05) is 36.4 Å². The van der Waals surface area contributed by atoms with Gasteiger partial charge in [-0.05, 0) is 60.9 Å². The molecule has 0 spiro atoms. The second kappa shape index (κ2) is 12.6. The van der Waals surface area contributed by atoms with Gasteiger partial charge in [-0.2, -0.15) is 0 Å². The van der Waals surface area contributed by atoms with E-state index in [9.17, 15) is 0 Å². The van der Waals surface area contributed by atoms with Crippen LogP contribution in [0.2, 0.25) is 13.1 Å². The second-order valence-corrected chi connectivity index (χ2v) is 18.0. The number of hydrogen-bond donors (Lipinski definition) is 0. The van der Waals surface area contributed by atoms with Gasteiger partial charge in [0.1, 0.15) is 8.07 Å². The van der Waals surface area contributed by atoms with Gasteiger partial charge in [0.25, 0.3) is 0 Å². The van der Waals surface area contributed by atoms with Gasteiger partial charge in [0.05, 0.1) is 0 Å². The molecule has 0 radical (unpaired) electrons. The minimum absolute atomic E-state index is 0.649. The lowest BCUT2D eigenvalue weighted by Crippen LogP contribution is -2.49. The molecule has 242 valence electrons. The summed E-state index contributed by atoms with van der Waals surface area (Å²) < 4.78 is 0. The molecular formula is C47H35N3Si. The van der Waals surface area contributed by atoms with Crippen molar-refractivity contribution in [1.82, 2.24) is 15.0 Å². The topological polar surface area (TPSA) is 38.7 Å². The fraction of sp³-hybridized carbons (Fsp3) is 0.0426. The molecule has 0 N–H and O–H groups in total. The summed E-state index contributed by atoms with van der Waals surface area (Å²) in [5.74, 6) is 1.95. The largest absolute Gasteiger partial charge is 0.208 e. The smallest absolute Gasteiger partial charge is 0.164 e. The highest BCUT2D eigenvalue weighted by Gasteiger charge is 2.38. The first-order valence-electron chi connectivity index (χ1n) is 17.4. The van der Waals surface area contributed by atoms with E-state index in [1.165, 1.54) is 38.2 Å². The SMILES string of the molecule is C[Si]1(C)c2ccccc2-c2c(-c3ccc(-c4ccc(-c5nc(-c6ccccc6)nc(-c6cccc(-c7ccccc7)c6)n5)cc4)cc3)cccc21. The predicted molar refractivity (Wildman–Crippen MR) is 215 cm³/mol. The first kappa shape index (κ1) is 30.8. The van der Waals surface area contributed by atoms with Crippen LogP contribution in [0.25, 0.3) is 78.7 Å².